The first-order valence-corrected chi connectivity index (χ1v) is 9.99. The van der Waals surface area contributed by atoms with Crippen LogP contribution < -0.4 is 4.74 Å². The van der Waals surface area contributed by atoms with E-state index in [1.165, 1.54) is 0 Å². The average molecular weight is 441 g/mol. The zero-order valence-corrected chi connectivity index (χ0v) is 16.9. The topological polar surface area (TPSA) is 44.9 Å². The molecule has 1 aliphatic carbocycles. The molecular weight excluding hydrogens is 423 g/mol. The fourth-order valence-corrected chi connectivity index (χ4v) is 4.23. The van der Waals surface area contributed by atoms with Crippen LogP contribution in [0.5, 0.6) is 5.75 Å². The van der Waals surface area contributed by atoms with Crippen molar-refractivity contribution < 1.29 is 9.13 Å². The summed E-state index contributed by atoms with van der Waals surface area (Å²) in [5, 5.41) is 9.72. The van der Waals surface area contributed by atoms with E-state index >= 15 is 0 Å². The van der Waals surface area contributed by atoms with Crippen LogP contribution >= 0.6 is 15.9 Å². The molecule has 0 saturated heterocycles. The summed E-state index contributed by atoms with van der Waals surface area (Å²) in [5.74, 6) is 0.499. The average Bonchev–Trinajstić information content (AvgIpc) is 3.29. The maximum absolute atomic E-state index is 14.1. The Hall–Kier alpha value is -2.67. The molecule has 7 heteroatoms. The van der Waals surface area contributed by atoms with E-state index in [0.29, 0.717) is 4.47 Å². The smallest absolute Gasteiger partial charge is 0.137 e. The number of halogens is 2. The lowest BCUT2D eigenvalue weighted by atomic mass is 9.89. The van der Waals surface area contributed by atoms with Gasteiger partial charge in [-0.1, -0.05) is 0 Å². The predicted octanol–water partition coefficient (Wildman–Crippen LogP) is 5.12. The number of fused-ring (bicyclic) bond motifs is 2. The van der Waals surface area contributed by atoms with Gasteiger partial charge in [0.15, 0.2) is 0 Å². The number of rotatable bonds is 3. The molecule has 1 unspecified atom stereocenters. The predicted molar refractivity (Wildman–Crippen MR) is 108 cm³/mol. The van der Waals surface area contributed by atoms with Crippen molar-refractivity contribution in [2.45, 2.75) is 25.4 Å². The molecule has 2 aromatic carbocycles. The largest absolute Gasteiger partial charge is 0.486 e. The number of hydrogen-bond donors (Lipinski definition) is 0. The number of benzene rings is 2. The molecule has 0 radical (unpaired) electrons. The van der Waals surface area contributed by atoms with Gasteiger partial charge in [-0.25, -0.2) is 9.07 Å². The Labute approximate surface area is 169 Å². The van der Waals surface area contributed by atoms with E-state index in [1.807, 2.05) is 48.4 Å². The second-order valence-corrected chi connectivity index (χ2v) is 7.97. The molecule has 0 bridgehead atoms. The van der Waals surface area contributed by atoms with E-state index in [9.17, 15) is 4.39 Å². The number of hydrogen-bond acceptors (Lipinski definition) is 3. The maximum Gasteiger partial charge on any atom is 0.137 e. The van der Waals surface area contributed by atoms with Gasteiger partial charge in [0.1, 0.15) is 23.4 Å². The van der Waals surface area contributed by atoms with Crippen LogP contribution in [0.3, 0.4) is 0 Å². The summed E-state index contributed by atoms with van der Waals surface area (Å²) >= 11 is 3.28. The van der Waals surface area contributed by atoms with Gasteiger partial charge in [-0.15, -0.1) is 0 Å². The second-order valence-electron chi connectivity index (χ2n) is 7.11. The third kappa shape index (κ3) is 2.99. The van der Waals surface area contributed by atoms with Crippen LogP contribution in [0.15, 0.2) is 53.4 Å². The first-order valence-electron chi connectivity index (χ1n) is 9.20. The molecule has 0 saturated carbocycles. The summed E-state index contributed by atoms with van der Waals surface area (Å²) in [6.07, 6.45) is 8.20. The summed E-state index contributed by atoms with van der Waals surface area (Å²) < 4.78 is 24.5. The fourth-order valence-electron chi connectivity index (χ4n) is 3.83. The number of aryl methyl sites for hydroxylation is 2. The number of aromatic nitrogens is 4. The van der Waals surface area contributed by atoms with Crippen LogP contribution in [0.4, 0.5) is 4.39 Å². The summed E-state index contributed by atoms with van der Waals surface area (Å²) in [4.78, 5) is 0. The van der Waals surface area contributed by atoms with Crippen LogP contribution in [0.25, 0.3) is 16.6 Å². The Morgan fingerprint density at radius 1 is 1.18 bits per heavy atom. The summed E-state index contributed by atoms with van der Waals surface area (Å²) in [7, 11) is 1.88. The highest BCUT2D eigenvalue weighted by atomic mass is 79.9. The van der Waals surface area contributed by atoms with Gasteiger partial charge < -0.3 is 4.74 Å². The Morgan fingerprint density at radius 3 is 2.89 bits per heavy atom. The molecule has 5 rings (SSSR count). The first kappa shape index (κ1) is 17.4. The minimum atomic E-state index is -0.251. The van der Waals surface area contributed by atoms with Crippen molar-refractivity contribution in [3.8, 4) is 11.4 Å². The van der Waals surface area contributed by atoms with E-state index in [4.69, 9.17) is 4.74 Å². The summed E-state index contributed by atoms with van der Waals surface area (Å²) in [6.45, 7) is 0. The van der Waals surface area contributed by atoms with Crippen molar-refractivity contribution >= 4 is 26.8 Å². The Kier molecular flexibility index (Phi) is 4.19. The van der Waals surface area contributed by atoms with Gasteiger partial charge in [-0.2, -0.15) is 10.2 Å². The second kappa shape index (κ2) is 6.74. The van der Waals surface area contributed by atoms with E-state index in [-0.39, 0.29) is 11.9 Å². The molecule has 2 heterocycles. The molecule has 1 aliphatic rings. The van der Waals surface area contributed by atoms with Crippen LogP contribution in [0.1, 0.15) is 30.1 Å². The van der Waals surface area contributed by atoms with Gasteiger partial charge in [0.05, 0.1) is 28.6 Å². The molecule has 0 spiro atoms. The van der Waals surface area contributed by atoms with Crippen molar-refractivity contribution in [2.24, 2.45) is 7.05 Å². The lowest BCUT2D eigenvalue weighted by molar-refractivity contribution is 0.183. The molecule has 2 aromatic heterocycles. The van der Waals surface area contributed by atoms with E-state index < -0.39 is 0 Å². The van der Waals surface area contributed by atoms with E-state index in [0.717, 1.165) is 52.7 Å². The molecule has 0 fully saturated rings. The fraction of sp³-hybridized carbons (Fsp3) is 0.238. The minimum Gasteiger partial charge on any atom is -0.486 e. The highest BCUT2D eigenvalue weighted by Crippen LogP contribution is 2.37. The van der Waals surface area contributed by atoms with Gasteiger partial charge in [0, 0.05) is 18.5 Å². The molecular formula is C21H18BrFN4O. The zero-order valence-electron chi connectivity index (χ0n) is 15.3. The first-order chi connectivity index (χ1) is 13.6. The highest BCUT2D eigenvalue weighted by Gasteiger charge is 2.24. The molecule has 28 heavy (non-hydrogen) atoms. The van der Waals surface area contributed by atoms with Crippen LogP contribution in [-0.4, -0.2) is 19.6 Å². The molecule has 1 atom stereocenters. The summed E-state index contributed by atoms with van der Waals surface area (Å²) in [5.41, 5.74) is 3.92. The third-order valence-corrected chi connectivity index (χ3v) is 5.81. The van der Waals surface area contributed by atoms with Crippen LogP contribution in [0, 0.1) is 5.82 Å². The van der Waals surface area contributed by atoms with Crippen molar-refractivity contribution in [3.63, 3.8) is 0 Å². The van der Waals surface area contributed by atoms with Gasteiger partial charge >= 0.3 is 0 Å². The van der Waals surface area contributed by atoms with Gasteiger partial charge in [-0.3, -0.25) is 4.68 Å². The Morgan fingerprint density at radius 2 is 2.07 bits per heavy atom. The molecule has 0 N–H and O–H groups in total. The third-order valence-electron chi connectivity index (χ3n) is 5.20. The summed E-state index contributed by atoms with van der Waals surface area (Å²) in [6, 6.07) is 9.40. The van der Waals surface area contributed by atoms with E-state index in [2.05, 4.69) is 26.1 Å². The van der Waals surface area contributed by atoms with E-state index in [1.54, 1.807) is 16.9 Å². The number of ether oxygens (including phenoxy) is 1. The molecule has 0 amide bonds. The van der Waals surface area contributed by atoms with Crippen LogP contribution in [-0.2, 0) is 13.5 Å². The van der Waals surface area contributed by atoms with Gasteiger partial charge in [-0.05, 0) is 70.6 Å². The van der Waals surface area contributed by atoms with Crippen molar-refractivity contribution in [3.05, 3.63) is 70.3 Å². The minimum absolute atomic E-state index is 0.154. The SMILES string of the molecule is Cn1cc(-n2ncc3ccc(OC4CCCc5cc(Br)c(F)cc54)cc32)cn1. The van der Waals surface area contributed by atoms with Crippen LogP contribution in [0.2, 0.25) is 0 Å². The normalized spacial score (nSPS) is 16.3. The molecule has 4 aromatic rings. The highest BCUT2D eigenvalue weighted by molar-refractivity contribution is 9.10. The molecule has 142 valence electrons. The Bertz CT molecular complexity index is 1180. The molecule has 5 nitrogen and oxygen atoms in total. The van der Waals surface area contributed by atoms with Crippen molar-refractivity contribution in [2.75, 3.05) is 0 Å². The Balaban J connectivity index is 1.51. The monoisotopic (exact) mass is 440 g/mol. The van der Waals surface area contributed by atoms with Crippen molar-refractivity contribution in [1.29, 1.82) is 0 Å². The van der Waals surface area contributed by atoms with Crippen molar-refractivity contribution in [1.82, 2.24) is 19.6 Å². The standard InChI is InChI=1S/C21H18BrFN4O/c1-26-12-15(11-24-26)27-20-8-16(6-5-14(20)10-25-27)28-21-4-2-3-13-7-18(22)19(23)9-17(13)21/h5-12,21H,2-4H2,1H3. The number of nitrogens with zero attached hydrogens (tertiary/aromatic N) is 4. The lowest BCUT2D eigenvalue weighted by Gasteiger charge is -2.26. The lowest BCUT2D eigenvalue weighted by Crippen LogP contribution is -2.16. The maximum atomic E-state index is 14.1. The zero-order chi connectivity index (χ0) is 19.3. The van der Waals surface area contributed by atoms with Gasteiger partial charge in [0.25, 0.3) is 0 Å². The quantitative estimate of drug-likeness (QED) is 0.444. The molecule has 0 aliphatic heterocycles. The van der Waals surface area contributed by atoms with Gasteiger partial charge in [0.2, 0.25) is 0 Å².